The molecule has 2 atom stereocenters. The average Bonchev–Trinajstić information content (AvgIpc) is 3.09. The minimum atomic E-state index is 0.768. The van der Waals surface area contributed by atoms with Crippen molar-refractivity contribution >= 4 is 0 Å². The van der Waals surface area contributed by atoms with Gasteiger partial charge < -0.3 is 5.32 Å². The first kappa shape index (κ1) is 11.4. The number of rotatable bonds is 5. The number of hydrogen-bond acceptors (Lipinski definition) is 2. The Morgan fingerprint density at radius 2 is 1.87 bits per heavy atom. The summed E-state index contributed by atoms with van der Waals surface area (Å²) in [5.41, 5.74) is 0. The number of nitrogens with one attached hydrogen (secondary N) is 1. The van der Waals surface area contributed by atoms with Crippen molar-refractivity contribution in [3.8, 4) is 0 Å². The van der Waals surface area contributed by atoms with Crippen LogP contribution in [0.15, 0.2) is 0 Å². The smallest absolute Gasteiger partial charge is 0.0249 e. The standard InChI is InChI=1S/C13H26N2/c1-3-10-14-12-6-4-5-7-13(12)15(2)11-8-9-11/h11-14H,3-10H2,1-2H3. The average molecular weight is 210 g/mol. The molecule has 0 aromatic carbocycles. The lowest BCUT2D eigenvalue weighted by molar-refractivity contribution is 0.142. The van der Waals surface area contributed by atoms with Crippen LogP contribution in [-0.4, -0.2) is 36.6 Å². The molecule has 2 rings (SSSR count). The molecule has 0 heterocycles. The first-order valence-electron chi connectivity index (χ1n) is 6.78. The Morgan fingerprint density at radius 1 is 1.13 bits per heavy atom. The van der Waals surface area contributed by atoms with E-state index in [1.165, 1.54) is 51.5 Å². The summed E-state index contributed by atoms with van der Waals surface area (Å²) in [7, 11) is 2.34. The van der Waals surface area contributed by atoms with E-state index in [-0.39, 0.29) is 0 Å². The largest absolute Gasteiger partial charge is 0.312 e. The van der Waals surface area contributed by atoms with Crippen molar-refractivity contribution < 1.29 is 0 Å². The molecule has 2 aliphatic carbocycles. The van der Waals surface area contributed by atoms with Gasteiger partial charge in [0.05, 0.1) is 0 Å². The summed E-state index contributed by atoms with van der Waals surface area (Å²) < 4.78 is 0. The number of hydrogen-bond donors (Lipinski definition) is 1. The Morgan fingerprint density at radius 3 is 2.53 bits per heavy atom. The molecule has 0 saturated heterocycles. The Balaban J connectivity index is 1.86. The maximum absolute atomic E-state index is 3.74. The van der Waals surface area contributed by atoms with Crippen molar-refractivity contribution in [1.82, 2.24) is 10.2 Å². The summed E-state index contributed by atoms with van der Waals surface area (Å²) in [5.74, 6) is 0. The molecule has 0 amide bonds. The molecule has 0 aromatic heterocycles. The van der Waals surface area contributed by atoms with Crippen molar-refractivity contribution in [2.75, 3.05) is 13.6 Å². The quantitative estimate of drug-likeness (QED) is 0.749. The van der Waals surface area contributed by atoms with Gasteiger partial charge in [0.15, 0.2) is 0 Å². The van der Waals surface area contributed by atoms with Crippen molar-refractivity contribution in [3.05, 3.63) is 0 Å². The molecule has 15 heavy (non-hydrogen) atoms. The van der Waals surface area contributed by atoms with E-state index in [1.54, 1.807) is 0 Å². The molecular formula is C13H26N2. The van der Waals surface area contributed by atoms with Crippen LogP contribution in [0, 0.1) is 0 Å². The van der Waals surface area contributed by atoms with E-state index >= 15 is 0 Å². The highest BCUT2D eigenvalue weighted by molar-refractivity contribution is 4.93. The topological polar surface area (TPSA) is 15.3 Å². The van der Waals surface area contributed by atoms with Gasteiger partial charge in [0.25, 0.3) is 0 Å². The first-order valence-corrected chi connectivity index (χ1v) is 6.78. The lowest BCUT2D eigenvalue weighted by Crippen LogP contribution is -2.51. The molecule has 2 unspecified atom stereocenters. The van der Waals surface area contributed by atoms with Crippen LogP contribution in [0.5, 0.6) is 0 Å². The number of nitrogens with zero attached hydrogens (tertiary/aromatic N) is 1. The van der Waals surface area contributed by atoms with E-state index in [0.717, 1.165) is 18.1 Å². The third-order valence-corrected chi connectivity index (χ3v) is 4.03. The summed E-state index contributed by atoms with van der Waals surface area (Å²) in [6.07, 6.45) is 9.80. The van der Waals surface area contributed by atoms with Gasteiger partial charge in [-0.05, 0) is 45.7 Å². The molecule has 0 aromatic rings. The summed E-state index contributed by atoms with van der Waals surface area (Å²) in [4.78, 5) is 2.66. The first-order chi connectivity index (χ1) is 7.33. The molecule has 2 nitrogen and oxygen atoms in total. The maximum Gasteiger partial charge on any atom is 0.0249 e. The highest BCUT2D eigenvalue weighted by Gasteiger charge is 2.35. The Hall–Kier alpha value is -0.0800. The predicted molar refractivity (Wildman–Crippen MR) is 65.1 cm³/mol. The van der Waals surface area contributed by atoms with Crippen LogP contribution in [0.1, 0.15) is 51.9 Å². The zero-order chi connectivity index (χ0) is 10.7. The summed E-state index contributed by atoms with van der Waals surface area (Å²) in [6, 6.07) is 2.50. The highest BCUT2D eigenvalue weighted by Crippen LogP contribution is 2.32. The molecular weight excluding hydrogens is 184 g/mol. The lowest BCUT2D eigenvalue weighted by Gasteiger charge is -2.38. The van der Waals surface area contributed by atoms with Gasteiger partial charge in [-0.25, -0.2) is 0 Å². The zero-order valence-corrected chi connectivity index (χ0v) is 10.3. The molecule has 0 aliphatic heterocycles. The van der Waals surface area contributed by atoms with Gasteiger partial charge in [0.1, 0.15) is 0 Å². The van der Waals surface area contributed by atoms with Crippen LogP contribution < -0.4 is 5.32 Å². The fraction of sp³-hybridized carbons (Fsp3) is 1.00. The second kappa shape index (κ2) is 5.31. The second-order valence-corrected chi connectivity index (χ2v) is 5.31. The SMILES string of the molecule is CCCNC1CCCCC1N(C)C1CC1. The van der Waals surface area contributed by atoms with E-state index in [9.17, 15) is 0 Å². The molecule has 0 bridgehead atoms. The molecule has 88 valence electrons. The van der Waals surface area contributed by atoms with Crippen molar-refractivity contribution in [3.63, 3.8) is 0 Å². The summed E-state index contributed by atoms with van der Waals surface area (Å²) in [5, 5.41) is 3.74. The van der Waals surface area contributed by atoms with Gasteiger partial charge in [0, 0.05) is 18.1 Å². The van der Waals surface area contributed by atoms with E-state index in [2.05, 4.69) is 24.2 Å². The van der Waals surface area contributed by atoms with Gasteiger partial charge in [-0.2, -0.15) is 0 Å². The Bertz CT molecular complexity index is 189. The molecule has 2 aliphatic rings. The minimum absolute atomic E-state index is 0.768. The maximum atomic E-state index is 3.74. The minimum Gasteiger partial charge on any atom is -0.312 e. The van der Waals surface area contributed by atoms with Crippen LogP contribution in [0.2, 0.25) is 0 Å². The van der Waals surface area contributed by atoms with Gasteiger partial charge in [-0.15, -0.1) is 0 Å². The van der Waals surface area contributed by atoms with Gasteiger partial charge in [0.2, 0.25) is 0 Å². The van der Waals surface area contributed by atoms with Crippen LogP contribution >= 0.6 is 0 Å². The lowest BCUT2D eigenvalue weighted by atomic mass is 9.89. The molecule has 2 saturated carbocycles. The monoisotopic (exact) mass is 210 g/mol. The molecule has 1 N–H and O–H groups in total. The van der Waals surface area contributed by atoms with Crippen LogP contribution in [0.25, 0.3) is 0 Å². The van der Waals surface area contributed by atoms with Gasteiger partial charge in [-0.1, -0.05) is 19.8 Å². The Labute approximate surface area is 94.4 Å². The van der Waals surface area contributed by atoms with Crippen molar-refractivity contribution in [2.45, 2.75) is 70.0 Å². The normalized spacial score (nSPS) is 32.2. The summed E-state index contributed by atoms with van der Waals surface area (Å²) in [6.45, 7) is 3.45. The van der Waals surface area contributed by atoms with E-state index in [0.29, 0.717) is 0 Å². The Kier molecular flexibility index (Phi) is 4.04. The number of likely N-dealkylation sites (N-methyl/N-ethyl adjacent to an activating group) is 1. The zero-order valence-electron chi connectivity index (χ0n) is 10.3. The van der Waals surface area contributed by atoms with Crippen molar-refractivity contribution in [1.29, 1.82) is 0 Å². The predicted octanol–water partition coefficient (Wildman–Crippen LogP) is 2.39. The fourth-order valence-corrected chi connectivity index (χ4v) is 2.92. The van der Waals surface area contributed by atoms with Crippen LogP contribution in [0.3, 0.4) is 0 Å². The van der Waals surface area contributed by atoms with E-state index in [1.807, 2.05) is 0 Å². The molecule has 0 spiro atoms. The summed E-state index contributed by atoms with van der Waals surface area (Å²) >= 11 is 0. The van der Waals surface area contributed by atoms with Crippen molar-refractivity contribution in [2.24, 2.45) is 0 Å². The molecule has 2 heteroatoms. The van der Waals surface area contributed by atoms with Crippen LogP contribution in [0.4, 0.5) is 0 Å². The van der Waals surface area contributed by atoms with Crippen LogP contribution in [-0.2, 0) is 0 Å². The van der Waals surface area contributed by atoms with Gasteiger partial charge in [-0.3, -0.25) is 4.90 Å². The highest BCUT2D eigenvalue weighted by atomic mass is 15.2. The third kappa shape index (κ3) is 2.94. The van der Waals surface area contributed by atoms with Gasteiger partial charge >= 0.3 is 0 Å². The fourth-order valence-electron chi connectivity index (χ4n) is 2.92. The second-order valence-electron chi connectivity index (χ2n) is 5.31. The third-order valence-electron chi connectivity index (χ3n) is 4.03. The van der Waals surface area contributed by atoms with E-state index in [4.69, 9.17) is 0 Å². The molecule has 0 radical (unpaired) electrons. The van der Waals surface area contributed by atoms with E-state index < -0.39 is 0 Å². The molecule has 2 fully saturated rings.